The fraction of sp³-hybridized carbons (Fsp3) is 0.148. The summed E-state index contributed by atoms with van der Waals surface area (Å²) in [5.41, 5.74) is 2.47. The van der Waals surface area contributed by atoms with Crippen LogP contribution in [-0.2, 0) is 27.9 Å². The standard InChI is InChI=1S/C27H26N2O3S/c1-33(31,32)29(26-18-10-16-24-15-8-9-17-25(24)26)21-27(30)28(19-22-11-4-2-5-12-22)20-23-13-6-3-7-14-23/h2-18H,19-21H2,1H3. The molecule has 168 valence electrons. The van der Waals surface area contributed by atoms with Crippen molar-refractivity contribution in [1.29, 1.82) is 0 Å². The Kier molecular flexibility index (Phi) is 6.75. The number of rotatable bonds is 8. The predicted octanol–water partition coefficient (Wildman–Crippen LogP) is 4.83. The first-order valence-corrected chi connectivity index (χ1v) is 12.6. The third-order valence-electron chi connectivity index (χ3n) is 5.50. The van der Waals surface area contributed by atoms with Gasteiger partial charge in [-0.1, -0.05) is 97.1 Å². The summed E-state index contributed by atoms with van der Waals surface area (Å²) in [6.07, 6.45) is 1.14. The van der Waals surface area contributed by atoms with Crippen LogP contribution < -0.4 is 4.31 Å². The van der Waals surface area contributed by atoms with Crippen LogP contribution >= 0.6 is 0 Å². The molecule has 0 saturated carbocycles. The molecule has 0 aliphatic rings. The fourth-order valence-corrected chi connectivity index (χ4v) is 4.73. The molecule has 0 N–H and O–H groups in total. The Morgan fingerprint density at radius 3 is 1.79 bits per heavy atom. The van der Waals surface area contributed by atoms with E-state index in [1.807, 2.05) is 97.1 Å². The van der Waals surface area contributed by atoms with Gasteiger partial charge < -0.3 is 4.90 Å². The van der Waals surface area contributed by atoms with E-state index in [9.17, 15) is 13.2 Å². The fourth-order valence-electron chi connectivity index (χ4n) is 3.87. The molecule has 0 aromatic heterocycles. The minimum atomic E-state index is -3.70. The maximum atomic E-state index is 13.5. The number of sulfonamides is 1. The summed E-state index contributed by atoms with van der Waals surface area (Å²) in [6, 6.07) is 32.5. The predicted molar refractivity (Wildman–Crippen MR) is 133 cm³/mol. The van der Waals surface area contributed by atoms with E-state index in [0.29, 0.717) is 18.8 Å². The van der Waals surface area contributed by atoms with Gasteiger partial charge in [0.25, 0.3) is 0 Å². The molecule has 0 aliphatic carbocycles. The van der Waals surface area contributed by atoms with Crippen molar-refractivity contribution in [3.05, 3.63) is 114 Å². The number of benzene rings is 4. The number of hydrogen-bond acceptors (Lipinski definition) is 3. The van der Waals surface area contributed by atoms with Crippen molar-refractivity contribution < 1.29 is 13.2 Å². The first-order valence-electron chi connectivity index (χ1n) is 10.7. The van der Waals surface area contributed by atoms with Crippen LogP contribution in [0.1, 0.15) is 11.1 Å². The molecule has 0 fully saturated rings. The number of anilines is 1. The normalized spacial score (nSPS) is 11.3. The summed E-state index contributed by atoms with van der Waals surface area (Å²) >= 11 is 0. The molecule has 0 spiro atoms. The third-order valence-corrected chi connectivity index (χ3v) is 6.63. The zero-order valence-electron chi connectivity index (χ0n) is 18.5. The lowest BCUT2D eigenvalue weighted by Gasteiger charge is -2.28. The van der Waals surface area contributed by atoms with Gasteiger partial charge in [-0.2, -0.15) is 0 Å². The molecule has 0 unspecified atom stereocenters. The number of nitrogens with zero attached hydrogens (tertiary/aromatic N) is 2. The second kappa shape index (κ2) is 9.88. The first kappa shape index (κ1) is 22.6. The summed E-state index contributed by atoms with van der Waals surface area (Å²) in [5.74, 6) is -0.263. The molecule has 1 amide bonds. The lowest BCUT2D eigenvalue weighted by atomic mass is 10.1. The molecule has 33 heavy (non-hydrogen) atoms. The van der Waals surface area contributed by atoms with E-state index in [1.165, 1.54) is 4.31 Å². The van der Waals surface area contributed by atoms with Crippen LogP contribution in [0.15, 0.2) is 103 Å². The minimum Gasteiger partial charge on any atom is -0.332 e. The average molecular weight is 459 g/mol. The first-order chi connectivity index (χ1) is 15.9. The third kappa shape index (κ3) is 5.59. The lowest BCUT2D eigenvalue weighted by molar-refractivity contribution is -0.130. The van der Waals surface area contributed by atoms with Gasteiger partial charge in [0.05, 0.1) is 11.9 Å². The van der Waals surface area contributed by atoms with Gasteiger partial charge in [-0.05, 0) is 22.6 Å². The van der Waals surface area contributed by atoms with Crippen LogP contribution in [0.4, 0.5) is 5.69 Å². The second-order valence-corrected chi connectivity index (χ2v) is 9.90. The number of fused-ring (bicyclic) bond motifs is 1. The molecule has 0 bridgehead atoms. The highest BCUT2D eigenvalue weighted by molar-refractivity contribution is 7.92. The highest BCUT2D eigenvalue weighted by atomic mass is 32.2. The van der Waals surface area contributed by atoms with Crippen molar-refractivity contribution in [2.45, 2.75) is 13.1 Å². The summed E-state index contributed by atoms with van der Waals surface area (Å²) in [7, 11) is -3.70. The summed E-state index contributed by atoms with van der Waals surface area (Å²) in [5, 5.41) is 1.71. The van der Waals surface area contributed by atoms with E-state index in [-0.39, 0.29) is 12.5 Å². The van der Waals surface area contributed by atoms with E-state index < -0.39 is 10.0 Å². The molecule has 0 atom stereocenters. The number of hydrogen-bond donors (Lipinski definition) is 0. The van der Waals surface area contributed by atoms with E-state index in [1.54, 1.807) is 11.0 Å². The second-order valence-electron chi connectivity index (χ2n) is 7.99. The van der Waals surface area contributed by atoms with E-state index in [0.717, 1.165) is 28.2 Å². The van der Waals surface area contributed by atoms with E-state index in [4.69, 9.17) is 0 Å². The number of amides is 1. The summed E-state index contributed by atoms with van der Waals surface area (Å²) in [4.78, 5) is 15.2. The zero-order chi connectivity index (χ0) is 23.3. The average Bonchev–Trinajstić information content (AvgIpc) is 2.82. The molecule has 0 saturated heterocycles. The highest BCUT2D eigenvalue weighted by Crippen LogP contribution is 2.28. The van der Waals surface area contributed by atoms with Gasteiger partial charge in [-0.25, -0.2) is 8.42 Å². The van der Waals surface area contributed by atoms with Crippen molar-refractivity contribution in [2.24, 2.45) is 0 Å². The summed E-state index contributed by atoms with van der Waals surface area (Å²) in [6.45, 7) is 0.510. The molecular formula is C27H26N2O3S. The van der Waals surface area contributed by atoms with Crippen molar-refractivity contribution in [3.63, 3.8) is 0 Å². The van der Waals surface area contributed by atoms with Gasteiger partial charge in [0, 0.05) is 18.5 Å². The van der Waals surface area contributed by atoms with Crippen LogP contribution in [0, 0.1) is 0 Å². The molecule has 0 aliphatic heterocycles. The van der Waals surface area contributed by atoms with Crippen molar-refractivity contribution in [2.75, 3.05) is 17.1 Å². The quantitative estimate of drug-likeness (QED) is 0.380. The Labute approximate surface area is 194 Å². The molecule has 4 aromatic rings. The van der Waals surface area contributed by atoms with Crippen LogP contribution in [0.5, 0.6) is 0 Å². The van der Waals surface area contributed by atoms with Crippen molar-refractivity contribution in [3.8, 4) is 0 Å². The zero-order valence-corrected chi connectivity index (χ0v) is 19.3. The van der Waals surface area contributed by atoms with Gasteiger partial charge in [0.15, 0.2) is 0 Å². The maximum absolute atomic E-state index is 13.5. The Balaban J connectivity index is 1.67. The van der Waals surface area contributed by atoms with Crippen LogP contribution in [0.2, 0.25) is 0 Å². The largest absolute Gasteiger partial charge is 0.332 e. The van der Waals surface area contributed by atoms with Gasteiger partial charge in [-0.15, -0.1) is 0 Å². The Morgan fingerprint density at radius 2 is 1.21 bits per heavy atom. The number of carbonyl (C=O) groups is 1. The molecular weight excluding hydrogens is 432 g/mol. The SMILES string of the molecule is CS(=O)(=O)N(CC(=O)N(Cc1ccccc1)Cc1ccccc1)c1cccc2ccccc12. The Morgan fingerprint density at radius 1 is 0.697 bits per heavy atom. The topological polar surface area (TPSA) is 57.7 Å². The summed E-state index contributed by atoms with van der Waals surface area (Å²) < 4.78 is 26.8. The van der Waals surface area contributed by atoms with Crippen molar-refractivity contribution >= 4 is 32.4 Å². The molecule has 6 heteroatoms. The smallest absolute Gasteiger partial charge is 0.243 e. The molecule has 0 heterocycles. The monoisotopic (exact) mass is 458 g/mol. The van der Waals surface area contributed by atoms with Gasteiger partial charge in [0.2, 0.25) is 15.9 Å². The maximum Gasteiger partial charge on any atom is 0.243 e. The van der Waals surface area contributed by atoms with Gasteiger partial charge >= 0.3 is 0 Å². The Hall–Kier alpha value is -3.64. The molecule has 4 aromatic carbocycles. The molecule has 5 nitrogen and oxygen atoms in total. The van der Waals surface area contributed by atoms with Crippen molar-refractivity contribution in [1.82, 2.24) is 4.90 Å². The van der Waals surface area contributed by atoms with Crippen LogP contribution in [0.25, 0.3) is 10.8 Å². The van der Waals surface area contributed by atoms with Gasteiger partial charge in [0.1, 0.15) is 6.54 Å². The number of carbonyl (C=O) groups excluding carboxylic acids is 1. The van der Waals surface area contributed by atoms with Gasteiger partial charge in [-0.3, -0.25) is 9.10 Å². The highest BCUT2D eigenvalue weighted by Gasteiger charge is 2.25. The minimum absolute atomic E-state index is 0.263. The Bertz CT molecular complexity index is 1290. The van der Waals surface area contributed by atoms with E-state index >= 15 is 0 Å². The van der Waals surface area contributed by atoms with Crippen LogP contribution in [-0.4, -0.2) is 32.0 Å². The lowest BCUT2D eigenvalue weighted by Crippen LogP contribution is -2.42. The molecule has 0 radical (unpaired) electrons. The molecule has 4 rings (SSSR count). The van der Waals surface area contributed by atoms with E-state index in [2.05, 4.69) is 0 Å². The van der Waals surface area contributed by atoms with Crippen LogP contribution in [0.3, 0.4) is 0 Å².